The van der Waals surface area contributed by atoms with Crippen molar-refractivity contribution < 1.29 is 10.0 Å². The number of hydrogen-bond acceptors (Lipinski definition) is 3. The highest BCUT2D eigenvalue weighted by molar-refractivity contribution is 6.30. The molecule has 5 nitrogen and oxygen atoms in total. The molecule has 0 saturated heterocycles. The van der Waals surface area contributed by atoms with Crippen LogP contribution in [0.5, 0.6) is 0 Å². The number of nitrogens with one attached hydrogen (secondary N) is 1. The lowest BCUT2D eigenvalue weighted by Crippen LogP contribution is -2.49. The summed E-state index contributed by atoms with van der Waals surface area (Å²) in [5.41, 5.74) is 5.68. The minimum absolute atomic E-state index is 0.0618. The second kappa shape index (κ2) is 7.31. The third-order valence-corrected chi connectivity index (χ3v) is 4.21. The van der Waals surface area contributed by atoms with E-state index in [0.717, 1.165) is 5.56 Å². The number of hydrogen-bond donors (Lipinski definition) is 3. The van der Waals surface area contributed by atoms with Crippen LogP contribution in [-0.4, -0.2) is 17.0 Å². The maximum absolute atomic E-state index is 12.6. The van der Waals surface area contributed by atoms with Gasteiger partial charge < -0.3 is 16.3 Å². The molecule has 0 bridgehead atoms. The summed E-state index contributed by atoms with van der Waals surface area (Å²) in [5, 5.41) is 15.5. The smallest absolute Gasteiger partial charge is 0.234 e. The third-order valence-electron chi connectivity index (χ3n) is 3.96. The van der Waals surface area contributed by atoms with Crippen molar-refractivity contribution in [3.63, 3.8) is 0 Å². The van der Waals surface area contributed by atoms with Gasteiger partial charge >= 0.3 is 0 Å². The molecule has 116 valence electrons. The zero-order valence-corrected chi connectivity index (χ0v) is 13.3. The SMILES string of the molecule is CCC(CC)(C(=O)NC(C)c1ccc(Cl)cc1)C(N)=NO. The molecule has 0 aliphatic carbocycles. The van der Waals surface area contributed by atoms with Crippen molar-refractivity contribution >= 4 is 23.3 Å². The maximum atomic E-state index is 12.6. The predicted molar refractivity (Wildman–Crippen MR) is 84.4 cm³/mol. The molecule has 0 aromatic heterocycles. The first-order valence-corrected chi connectivity index (χ1v) is 7.33. The fourth-order valence-electron chi connectivity index (χ4n) is 2.31. The van der Waals surface area contributed by atoms with E-state index in [2.05, 4.69) is 10.5 Å². The summed E-state index contributed by atoms with van der Waals surface area (Å²) >= 11 is 5.85. The zero-order valence-electron chi connectivity index (χ0n) is 12.6. The number of nitrogens with zero attached hydrogens (tertiary/aromatic N) is 1. The Morgan fingerprint density at radius 1 is 1.38 bits per heavy atom. The number of halogens is 1. The number of amides is 1. The summed E-state index contributed by atoms with van der Waals surface area (Å²) in [4.78, 5) is 12.6. The molecule has 0 spiro atoms. The maximum Gasteiger partial charge on any atom is 0.234 e. The molecular formula is C15H22ClN3O2. The van der Waals surface area contributed by atoms with E-state index in [1.165, 1.54) is 0 Å². The van der Waals surface area contributed by atoms with E-state index in [9.17, 15) is 4.79 Å². The van der Waals surface area contributed by atoms with Crippen molar-refractivity contribution in [2.45, 2.75) is 39.7 Å². The van der Waals surface area contributed by atoms with Gasteiger partial charge in [0.05, 0.1) is 6.04 Å². The van der Waals surface area contributed by atoms with Gasteiger partial charge in [0.1, 0.15) is 5.41 Å². The van der Waals surface area contributed by atoms with Gasteiger partial charge in [-0.25, -0.2) is 0 Å². The molecule has 21 heavy (non-hydrogen) atoms. The van der Waals surface area contributed by atoms with Crippen LogP contribution in [0.3, 0.4) is 0 Å². The van der Waals surface area contributed by atoms with E-state index in [1.807, 2.05) is 32.9 Å². The van der Waals surface area contributed by atoms with E-state index in [1.54, 1.807) is 12.1 Å². The standard InChI is InChI=1S/C15H22ClN3O2/c1-4-15(5-2,13(17)19-21)14(20)18-10(3)11-6-8-12(16)9-7-11/h6-10,21H,4-5H2,1-3H3,(H2,17,19)(H,18,20). The largest absolute Gasteiger partial charge is 0.409 e. The van der Waals surface area contributed by atoms with Gasteiger partial charge in [-0.1, -0.05) is 42.7 Å². The Morgan fingerprint density at radius 2 is 1.90 bits per heavy atom. The van der Waals surface area contributed by atoms with Crippen LogP contribution in [0.15, 0.2) is 29.4 Å². The predicted octanol–water partition coefficient (Wildman–Crippen LogP) is 3.07. The Balaban J connectivity index is 2.94. The van der Waals surface area contributed by atoms with Gasteiger partial charge in [0.2, 0.25) is 5.91 Å². The number of nitrogens with two attached hydrogens (primary N) is 1. The summed E-state index contributed by atoms with van der Waals surface area (Å²) in [7, 11) is 0. The van der Waals surface area contributed by atoms with E-state index in [0.29, 0.717) is 17.9 Å². The van der Waals surface area contributed by atoms with Crippen LogP contribution in [0.4, 0.5) is 0 Å². The lowest BCUT2D eigenvalue weighted by molar-refractivity contribution is -0.128. The fourth-order valence-corrected chi connectivity index (χ4v) is 2.44. The van der Waals surface area contributed by atoms with Crippen LogP contribution in [0.2, 0.25) is 5.02 Å². The minimum atomic E-state index is -0.991. The summed E-state index contributed by atoms with van der Waals surface area (Å²) in [5.74, 6) is -0.307. The number of benzene rings is 1. The second-order valence-corrected chi connectivity index (χ2v) is 5.46. The Hall–Kier alpha value is -1.75. The van der Waals surface area contributed by atoms with E-state index >= 15 is 0 Å². The fraction of sp³-hybridized carbons (Fsp3) is 0.467. The zero-order chi connectivity index (χ0) is 16.0. The summed E-state index contributed by atoms with van der Waals surface area (Å²) < 4.78 is 0. The van der Waals surface area contributed by atoms with Crippen molar-refractivity contribution in [3.05, 3.63) is 34.9 Å². The Kier molecular flexibility index (Phi) is 6.03. The van der Waals surface area contributed by atoms with E-state index in [4.69, 9.17) is 22.5 Å². The van der Waals surface area contributed by atoms with Crippen LogP contribution in [0.1, 0.15) is 45.2 Å². The number of carbonyl (C=O) groups is 1. The molecule has 1 atom stereocenters. The Morgan fingerprint density at radius 3 is 2.33 bits per heavy atom. The van der Waals surface area contributed by atoms with Gasteiger partial charge in [0.25, 0.3) is 0 Å². The molecule has 1 aromatic carbocycles. The number of amidine groups is 1. The van der Waals surface area contributed by atoms with E-state index in [-0.39, 0.29) is 17.8 Å². The lowest BCUT2D eigenvalue weighted by Gasteiger charge is -2.30. The average molecular weight is 312 g/mol. The molecule has 0 aliphatic heterocycles. The molecule has 4 N–H and O–H groups in total. The number of oxime groups is 1. The topological polar surface area (TPSA) is 87.7 Å². The second-order valence-electron chi connectivity index (χ2n) is 5.02. The highest BCUT2D eigenvalue weighted by atomic mass is 35.5. The van der Waals surface area contributed by atoms with Crippen LogP contribution < -0.4 is 11.1 Å². The summed E-state index contributed by atoms with van der Waals surface area (Å²) in [6, 6.07) is 7.07. The van der Waals surface area contributed by atoms with Crippen LogP contribution in [0.25, 0.3) is 0 Å². The van der Waals surface area contributed by atoms with Crippen molar-refractivity contribution in [1.29, 1.82) is 0 Å². The highest BCUT2D eigenvalue weighted by Crippen LogP contribution is 2.28. The highest BCUT2D eigenvalue weighted by Gasteiger charge is 2.40. The monoisotopic (exact) mass is 311 g/mol. The van der Waals surface area contributed by atoms with Crippen molar-refractivity contribution in [2.75, 3.05) is 0 Å². The Bertz CT molecular complexity index is 510. The first-order chi connectivity index (χ1) is 9.91. The van der Waals surface area contributed by atoms with Gasteiger partial charge in [-0.3, -0.25) is 4.79 Å². The minimum Gasteiger partial charge on any atom is -0.409 e. The molecule has 0 aliphatic rings. The van der Waals surface area contributed by atoms with Crippen molar-refractivity contribution in [3.8, 4) is 0 Å². The molecule has 0 radical (unpaired) electrons. The molecular weight excluding hydrogens is 290 g/mol. The first kappa shape index (κ1) is 17.3. The molecule has 1 aromatic rings. The van der Waals surface area contributed by atoms with Gasteiger partial charge in [0.15, 0.2) is 5.84 Å². The van der Waals surface area contributed by atoms with Crippen molar-refractivity contribution in [1.82, 2.24) is 5.32 Å². The average Bonchev–Trinajstić information content (AvgIpc) is 2.49. The molecule has 0 fully saturated rings. The van der Waals surface area contributed by atoms with Crippen LogP contribution in [-0.2, 0) is 4.79 Å². The normalized spacial score (nSPS) is 13.8. The van der Waals surface area contributed by atoms with Gasteiger partial charge in [-0.15, -0.1) is 0 Å². The quantitative estimate of drug-likeness (QED) is 0.326. The molecule has 6 heteroatoms. The van der Waals surface area contributed by atoms with Gasteiger partial charge in [0, 0.05) is 5.02 Å². The lowest BCUT2D eigenvalue weighted by atomic mass is 9.80. The number of carbonyl (C=O) groups excluding carboxylic acids is 1. The van der Waals surface area contributed by atoms with E-state index < -0.39 is 5.41 Å². The summed E-state index contributed by atoms with van der Waals surface area (Å²) in [6.45, 7) is 5.56. The van der Waals surface area contributed by atoms with Gasteiger partial charge in [-0.2, -0.15) is 0 Å². The Labute approximate surface area is 130 Å². The molecule has 1 rings (SSSR count). The molecule has 1 unspecified atom stereocenters. The first-order valence-electron chi connectivity index (χ1n) is 6.95. The molecule has 0 saturated carbocycles. The van der Waals surface area contributed by atoms with Crippen molar-refractivity contribution in [2.24, 2.45) is 16.3 Å². The number of rotatable bonds is 6. The summed E-state index contributed by atoms with van der Waals surface area (Å²) in [6.07, 6.45) is 0.914. The third kappa shape index (κ3) is 3.67. The van der Waals surface area contributed by atoms with Crippen LogP contribution >= 0.6 is 11.6 Å². The molecule has 0 heterocycles. The molecule has 1 amide bonds. The van der Waals surface area contributed by atoms with Gasteiger partial charge in [-0.05, 0) is 37.5 Å². The van der Waals surface area contributed by atoms with Crippen LogP contribution in [0, 0.1) is 5.41 Å².